The third kappa shape index (κ3) is 5.59. The zero-order valence-electron chi connectivity index (χ0n) is 15.8. The molecule has 28 heavy (non-hydrogen) atoms. The van der Waals surface area contributed by atoms with E-state index in [9.17, 15) is 9.59 Å². The molecule has 10 heteroatoms. The third-order valence-corrected chi connectivity index (χ3v) is 5.75. The molecule has 1 aliphatic heterocycles. The molecule has 1 aromatic heterocycles. The third-order valence-electron chi connectivity index (χ3n) is 3.89. The van der Waals surface area contributed by atoms with Gasteiger partial charge in [0.15, 0.2) is 10.3 Å². The number of rotatable bonds is 7. The number of aromatic nitrogens is 3. The summed E-state index contributed by atoms with van der Waals surface area (Å²) in [5.74, 6) is 1.42. The molecule has 0 bridgehead atoms. The summed E-state index contributed by atoms with van der Waals surface area (Å²) in [5.41, 5.74) is 1.83. The highest BCUT2D eigenvalue weighted by atomic mass is 32.2. The number of amidine groups is 1. The number of hydrogen-bond donors (Lipinski definition) is 2. The van der Waals surface area contributed by atoms with Crippen LogP contribution in [0.3, 0.4) is 0 Å². The number of benzene rings is 1. The minimum atomic E-state index is -0.154. The highest BCUT2D eigenvalue weighted by molar-refractivity contribution is 8.14. The van der Waals surface area contributed by atoms with E-state index in [1.807, 2.05) is 42.7 Å². The molecule has 1 aromatic carbocycles. The number of thioether (sulfide) groups is 2. The molecule has 3 rings (SSSR count). The highest BCUT2D eigenvalue weighted by Gasteiger charge is 2.17. The second kappa shape index (κ2) is 9.74. The molecule has 0 fully saturated rings. The molecule has 8 nitrogen and oxygen atoms in total. The zero-order chi connectivity index (χ0) is 19.9. The van der Waals surface area contributed by atoms with Crippen molar-refractivity contribution in [3.05, 3.63) is 35.7 Å². The van der Waals surface area contributed by atoms with Crippen LogP contribution in [0.15, 0.2) is 34.4 Å². The molecule has 148 valence electrons. The molecule has 2 aromatic rings. The van der Waals surface area contributed by atoms with Gasteiger partial charge in [0, 0.05) is 18.0 Å². The molecule has 0 saturated heterocycles. The van der Waals surface area contributed by atoms with Crippen LogP contribution >= 0.6 is 23.5 Å². The van der Waals surface area contributed by atoms with E-state index < -0.39 is 0 Å². The summed E-state index contributed by atoms with van der Waals surface area (Å²) in [6, 6.07) is 7.63. The molecular weight excluding hydrogens is 396 g/mol. The van der Waals surface area contributed by atoms with Gasteiger partial charge in [-0.1, -0.05) is 35.7 Å². The first-order valence-corrected chi connectivity index (χ1v) is 10.9. The second-order valence-corrected chi connectivity index (χ2v) is 8.14. The quantitative estimate of drug-likeness (QED) is 0.668. The Morgan fingerprint density at radius 3 is 2.82 bits per heavy atom. The number of carbonyl (C=O) groups excluding carboxylic acids is 2. The minimum Gasteiger partial charge on any atom is -0.326 e. The molecule has 0 radical (unpaired) electrons. The SMILES string of the molecule is CCn1c(CC(=O)Nc2cccc(C)c2)nnc1SCC(=O)NC1=NCCS1. The van der Waals surface area contributed by atoms with Gasteiger partial charge < -0.3 is 15.2 Å². The molecule has 0 saturated carbocycles. The molecular formula is C18H22N6O2S2. The maximum absolute atomic E-state index is 12.4. The van der Waals surface area contributed by atoms with E-state index in [0.29, 0.717) is 22.7 Å². The summed E-state index contributed by atoms with van der Waals surface area (Å²) in [4.78, 5) is 28.6. The van der Waals surface area contributed by atoms with Crippen LogP contribution in [0.25, 0.3) is 0 Å². The number of hydrogen-bond acceptors (Lipinski definition) is 7. The number of aliphatic imine (C=N–C) groups is 1. The minimum absolute atomic E-state index is 0.120. The summed E-state index contributed by atoms with van der Waals surface area (Å²) in [6.07, 6.45) is 0.120. The molecule has 2 heterocycles. The van der Waals surface area contributed by atoms with E-state index in [4.69, 9.17) is 0 Å². The van der Waals surface area contributed by atoms with Gasteiger partial charge in [-0.3, -0.25) is 14.6 Å². The largest absolute Gasteiger partial charge is 0.326 e. The molecule has 0 atom stereocenters. The van der Waals surface area contributed by atoms with Crippen LogP contribution < -0.4 is 10.6 Å². The topological polar surface area (TPSA) is 101 Å². The fourth-order valence-electron chi connectivity index (χ4n) is 2.64. The summed E-state index contributed by atoms with van der Waals surface area (Å²) in [5, 5.41) is 15.2. The van der Waals surface area contributed by atoms with Crippen molar-refractivity contribution < 1.29 is 9.59 Å². The van der Waals surface area contributed by atoms with Gasteiger partial charge in [0.25, 0.3) is 0 Å². The van der Waals surface area contributed by atoms with E-state index in [1.165, 1.54) is 11.8 Å². The normalized spacial score (nSPS) is 13.3. The highest BCUT2D eigenvalue weighted by Crippen LogP contribution is 2.18. The van der Waals surface area contributed by atoms with Crippen LogP contribution in [0.4, 0.5) is 5.69 Å². The summed E-state index contributed by atoms with van der Waals surface area (Å²) < 4.78 is 1.86. The van der Waals surface area contributed by atoms with Crippen molar-refractivity contribution in [3.63, 3.8) is 0 Å². The van der Waals surface area contributed by atoms with Crippen molar-refractivity contribution in [1.82, 2.24) is 20.1 Å². The van der Waals surface area contributed by atoms with Crippen LogP contribution in [-0.4, -0.2) is 49.8 Å². The van der Waals surface area contributed by atoms with Gasteiger partial charge in [-0.05, 0) is 31.5 Å². The van der Waals surface area contributed by atoms with Gasteiger partial charge in [-0.25, -0.2) is 0 Å². The standard InChI is InChI=1S/C18H22N6O2S2/c1-3-24-14(10-15(25)20-13-6-4-5-12(2)9-13)22-23-18(24)28-11-16(26)21-17-19-7-8-27-17/h4-6,9H,3,7-8,10-11H2,1-2H3,(H,20,25)(H,19,21,26). The van der Waals surface area contributed by atoms with Gasteiger partial charge in [-0.15, -0.1) is 10.2 Å². The second-order valence-electron chi connectivity index (χ2n) is 6.11. The number of nitrogens with zero attached hydrogens (tertiary/aromatic N) is 4. The van der Waals surface area contributed by atoms with Crippen molar-refractivity contribution in [1.29, 1.82) is 0 Å². The average Bonchev–Trinajstić information content (AvgIpc) is 3.29. The van der Waals surface area contributed by atoms with Gasteiger partial charge in [0.2, 0.25) is 11.8 Å². The van der Waals surface area contributed by atoms with E-state index in [1.54, 1.807) is 11.8 Å². The van der Waals surface area contributed by atoms with Crippen LogP contribution in [0.5, 0.6) is 0 Å². The number of anilines is 1. The van der Waals surface area contributed by atoms with E-state index in [2.05, 4.69) is 25.8 Å². The average molecular weight is 419 g/mol. The maximum atomic E-state index is 12.4. The van der Waals surface area contributed by atoms with Crippen molar-refractivity contribution in [2.24, 2.45) is 4.99 Å². The first kappa shape index (κ1) is 20.4. The molecule has 2 amide bonds. The van der Waals surface area contributed by atoms with Crippen molar-refractivity contribution in [2.75, 3.05) is 23.4 Å². The fourth-order valence-corrected chi connectivity index (χ4v) is 4.21. The Balaban J connectivity index is 1.56. The van der Waals surface area contributed by atoms with Gasteiger partial charge in [-0.2, -0.15) is 0 Å². The Morgan fingerprint density at radius 1 is 1.25 bits per heavy atom. The lowest BCUT2D eigenvalue weighted by atomic mass is 10.2. The smallest absolute Gasteiger partial charge is 0.236 e. The fraction of sp³-hybridized carbons (Fsp3) is 0.389. The van der Waals surface area contributed by atoms with Gasteiger partial charge >= 0.3 is 0 Å². The van der Waals surface area contributed by atoms with E-state index in [-0.39, 0.29) is 24.0 Å². The van der Waals surface area contributed by atoms with Gasteiger partial charge in [0.05, 0.1) is 18.7 Å². The van der Waals surface area contributed by atoms with Crippen molar-refractivity contribution >= 4 is 46.2 Å². The Bertz CT molecular complexity index is 896. The first-order valence-electron chi connectivity index (χ1n) is 8.93. The van der Waals surface area contributed by atoms with E-state index in [0.717, 1.165) is 23.5 Å². The number of aryl methyl sites for hydroxylation is 1. The maximum Gasteiger partial charge on any atom is 0.236 e. The summed E-state index contributed by atoms with van der Waals surface area (Å²) in [6.45, 7) is 5.29. The molecule has 1 aliphatic rings. The molecule has 2 N–H and O–H groups in total. The lowest BCUT2D eigenvalue weighted by molar-refractivity contribution is -0.117. The molecule has 0 unspecified atom stereocenters. The lowest BCUT2D eigenvalue weighted by Gasteiger charge is -2.08. The lowest BCUT2D eigenvalue weighted by Crippen LogP contribution is -2.29. The van der Waals surface area contributed by atoms with Crippen LogP contribution in [0, 0.1) is 6.92 Å². The van der Waals surface area contributed by atoms with Crippen molar-refractivity contribution in [2.45, 2.75) is 32.0 Å². The number of carbonyl (C=O) groups is 2. The summed E-state index contributed by atoms with van der Waals surface area (Å²) in [7, 11) is 0. The van der Waals surface area contributed by atoms with Crippen LogP contribution in [0.1, 0.15) is 18.3 Å². The van der Waals surface area contributed by atoms with E-state index >= 15 is 0 Å². The Labute approximate surface area is 172 Å². The predicted octanol–water partition coefficient (Wildman–Crippen LogP) is 2.10. The predicted molar refractivity (Wildman–Crippen MR) is 113 cm³/mol. The summed E-state index contributed by atoms with van der Waals surface area (Å²) >= 11 is 2.84. The Morgan fingerprint density at radius 2 is 2.11 bits per heavy atom. The van der Waals surface area contributed by atoms with Crippen LogP contribution in [0.2, 0.25) is 0 Å². The Hall–Kier alpha value is -2.33. The van der Waals surface area contributed by atoms with Crippen LogP contribution in [-0.2, 0) is 22.6 Å². The number of amides is 2. The monoisotopic (exact) mass is 418 g/mol. The van der Waals surface area contributed by atoms with Gasteiger partial charge in [0.1, 0.15) is 5.82 Å². The zero-order valence-corrected chi connectivity index (χ0v) is 17.4. The number of nitrogens with one attached hydrogen (secondary N) is 2. The molecule has 0 aliphatic carbocycles. The first-order chi connectivity index (χ1) is 13.5. The van der Waals surface area contributed by atoms with Crippen molar-refractivity contribution in [3.8, 4) is 0 Å². The Kier molecular flexibility index (Phi) is 7.10. The molecule has 0 spiro atoms.